The van der Waals surface area contributed by atoms with Gasteiger partial charge in [-0.3, -0.25) is 14.3 Å². The molecular weight excluding hydrogens is 380 g/mol. The summed E-state index contributed by atoms with van der Waals surface area (Å²) in [7, 11) is 0. The van der Waals surface area contributed by atoms with Crippen LogP contribution in [0, 0.1) is 0 Å². The van der Waals surface area contributed by atoms with Gasteiger partial charge in [-0.1, -0.05) is 38.1 Å². The first-order valence-corrected chi connectivity index (χ1v) is 10.4. The van der Waals surface area contributed by atoms with Crippen molar-refractivity contribution in [2.75, 3.05) is 31.5 Å². The number of carboxylic acids is 1. The average Bonchev–Trinajstić information content (AvgIpc) is 3.12. The molecular formula is C23H26N4O3. The maximum absolute atomic E-state index is 13.4. The molecule has 0 atom stereocenters. The summed E-state index contributed by atoms with van der Waals surface area (Å²) in [4.78, 5) is 26.6. The Morgan fingerprint density at radius 1 is 1.13 bits per heavy atom. The minimum Gasteiger partial charge on any atom is -0.481 e. The molecule has 7 heteroatoms. The largest absolute Gasteiger partial charge is 0.481 e. The second kappa shape index (κ2) is 8.28. The van der Waals surface area contributed by atoms with Gasteiger partial charge in [0.2, 0.25) is 0 Å². The fourth-order valence-electron chi connectivity index (χ4n) is 4.12. The van der Waals surface area contributed by atoms with E-state index in [-0.39, 0.29) is 18.7 Å². The van der Waals surface area contributed by atoms with Crippen molar-refractivity contribution in [2.24, 2.45) is 0 Å². The third kappa shape index (κ3) is 3.45. The zero-order valence-electron chi connectivity index (χ0n) is 17.3. The van der Waals surface area contributed by atoms with Crippen molar-refractivity contribution in [3.63, 3.8) is 0 Å². The highest BCUT2D eigenvalue weighted by molar-refractivity contribution is 6.27. The molecule has 0 radical (unpaired) electrons. The van der Waals surface area contributed by atoms with E-state index in [1.54, 1.807) is 0 Å². The van der Waals surface area contributed by atoms with Crippen molar-refractivity contribution in [3.8, 4) is 11.3 Å². The third-order valence-electron chi connectivity index (χ3n) is 5.75. The predicted molar refractivity (Wildman–Crippen MR) is 117 cm³/mol. The van der Waals surface area contributed by atoms with Gasteiger partial charge in [-0.25, -0.2) is 0 Å². The quantitative estimate of drug-likeness (QED) is 0.443. The lowest BCUT2D eigenvalue weighted by Crippen LogP contribution is -2.27. The van der Waals surface area contributed by atoms with Crippen molar-refractivity contribution in [2.45, 2.75) is 26.8 Å². The first-order valence-electron chi connectivity index (χ1n) is 10.4. The topological polar surface area (TPSA) is 87.5 Å². The summed E-state index contributed by atoms with van der Waals surface area (Å²) < 4.78 is 1.99. The maximum Gasteiger partial charge on any atom is 0.305 e. The first-order chi connectivity index (χ1) is 14.5. The van der Waals surface area contributed by atoms with Crippen LogP contribution in [0.3, 0.4) is 0 Å². The summed E-state index contributed by atoms with van der Waals surface area (Å²) in [6.07, 6.45) is -0.0156. The van der Waals surface area contributed by atoms with E-state index in [0.29, 0.717) is 16.8 Å². The Balaban J connectivity index is 1.82. The molecule has 0 unspecified atom stereocenters. The summed E-state index contributed by atoms with van der Waals surface area (Å²) in [5.74, 6) is -0.927. The number of carbonyl (C=O) groups is 2. The van der Waals surface area contributed by atoms with Gasteiger partial charge < -0.3 is 15.3 Å². The van der Waals surface area contributed by atoms with Crippen molar-refractivity contribution in [1.29, 1.82) is 0 Å². The molecule has 2 N–H and O–H groups in total. The van der Waals surface area contributed by atoms with Crippen LogP contribution >= 0.6 is 0 Å². The Hall–Kier alpha value is -3.19. The Morgan fingerprint density at radius 2 is 1.87 bits per heavy atom. The fourth-order valence-corrected chi connectivity index (χ4v) is 4.12. The molecule has 30 heavy (non-hydrogen) atoms. The number of anilines is 1. The normalized spacial score (nSPS) is 12.4. The second-order valence-electron chi connectivity index (χ2n) is 7.43. The van der Waals surface area contributed by atoms with Crippen LogP contribution in [0.1, 0.15) is 36.2 Å². The van der Waals surface area contributed by atoms with Crippen LogP contribution in [0.2, 0.25) is 0 Å². The van der Waals surface area contributed by atoms with E-state index in [1.807, 2.05) is 41.1 Å². The first kappa shape index (κ1) is 20.1. The molecule has 0 saturated heterocycles. The lowest BCUT2D eigenvalue weighted by Gasteiger charge is -2.19. The number of hydrogen-bond acceptors (Lipinski definition) is 5. The minimum atomic E-state index is -0.876. The van der Waals surface area contributed by atoms with Crippen LogP contribution < -0.4 is 5.32 Å². The van der Waals surface area contributed by atoms with Crippen LogP contribution in [-0.4, -0.2) is 57.7 Å². The van der Waals surface area contributed by atoms with E-state index in [1.165, 1.54) is 0 Å². The summed E-state index contributed by atoms with van der Waals surface area (Å²) in [6.45, 7) is 8.12. The van der Waals surface area contributed by atoms with E-state index in [2.05, 4.69) is 24.1 Å². The van der Waals surface area contributed by atoms with Crippen molar-refractivity contribution < 1.29 is 14.7 Å². The molecule has 2 aromatic carbocycles. The number of benzene rings is 2. The minimum absolute atomic E-state index is 0.0156. The van der Waals surface area contributed by atoms with Gasteiger partial charge in [-0.05, 0) is 25.2 Å². The second-order valence-corrected chi connectivity index (χ2v) is 7.43. The molecule has 0 bridgehead atoms. The van der Waals surface area contributed by atoms with E-state index in [0.717, 1.165) is 48.3 Å². The van der Waals surface area contributed by atoms with Crippen LogP contribution in [0.4, 0.5) is 5.69 Å². The Bertz CT molecular complexity index is 1120. The number of nitrogens with zero attached hydrogens (tertiary/aromatic N) is 3. The summed E-state index contributed by atoms with van der Waals surface area (Å²) >= 11 is 0. The number of aromatic nitrogens is 2. The van der Waals surface area contributed by atoms with Crippen molar-refractivity contribution in [1.82, 2.24) is 14.7 Å². The molecule has 0 aliphatic heterocycles. The Morgan fingerprint density at radius 3 is 2.57 bits per heavy atom. The molecule has 0 saturated carbocycles. The molecule has 7 nitrogen and oxygen atoms in total. The van der Waals surface area contributed by atoms with Crippen molar-refractivity contribution >= 4 is 28.3 Å². The zero-order chi connectivity index (χ0) is 21.3. The van der Waals surface area contributed by atoms with Gasteiger partial charge in [0.15, 0.2) is 5.78 Å². The monoisotopic (exact) mass is 406 g/mol. The van der Waals surface area contributed by atoms with Crippen LogP contribution in [0.5, 0.6) is 0 Å². The molecule has 1 aliphatic rings. The highest BCUT2D eigenvalue weighted by atomic mass is 16.4. The van der Waals surface area contributed by atoms with Gasteiger partial charge in [0.05, 0.1) is 24.0 Å². The third-order valence-corrected chi connectivity index (χ3v) is 5.75. The number of rotatable bonds is 9. The molecule has 4 rings (SSSR count). The Kier molecular flexibility index (Phi) is 5.55. The molecule has 0 spiro atoms. The Labute approximate surface area is 175 Å². The maximum atomic E-state index is 13.4. The van der Waals surface area contributed by atoms with Crippen LogP contribution in [0.15, 0.2) is 36.4 Å². The van der Waals surface area contributed by atoms with E-state index < -0.39 is 5.97 Å². The fraction of sp³-hybridized carbons (Fsp3) is 0.348. The highest BCUT2D eigenvalue weighted by Gasteiger charge is 2.30. The van der Waals surface area contributed by atoms with Gasteiger partial charge in [-0.15, -0.1) is 0 Å². The number of ketones is 1. The van der Waals surface area contributed by atoms with Gasteiger partial charge in [0, 0.05) is 35.3 Å². The number of carbonyl (C=O) groups excluding carboxylic acids is 1. The average molecular weight is 406 g/mol. The number of hydrogen-bond donors (Lipinski definition) is 2. The highest BCUT2D eigenvalue weighted by Crippen LogP contribution is 2.41. The number of likely N-dealkylation sites (N-methyl/N-ethyl adjacent to an activating group) is 1. The molecule has 156 valence electrons. The molecule has 1 heterocycles. The van der Waals surface area contributed by atoms with Gasteiger partial charge >= 0.3 is 5.97 Å². The van der Waals surface area contributed by atoms with E-state index in [9.17, 15) is 9.59 Å². The summed E-state index contributed by atoms with van der Waals surface area (Å²) in [5, 5.41) is 17.8. The van der Waals surface area contributed by atoms with Crippen LogP contribution in [-0.2, 0) is 11.3 Å². The lowest BCUT2D eigenvalue weighted by atomic mass is 9.86. The number of nitrogens with one attached hydrogen (secondary N) is 1. The van der Waals surface area contributed by atoms with Crippen molar-refractivity contribution in [3.05, 3.63) is 47.5 Å². The molecule has 0 fully saturated rings. The lowest BCUT2D eigenvalue weighted by molar-refractivity contribution is -0.136. The molecule has 3 aromatic rings. The van der Waals surface area contributed by atoms with Gasteiger partial charge in [-0.2, -0.15) is 5.10 Å². The van der Waals surface area contributed by atoms with Gasteiger partial charge in [0.1, 0.15) is 5.69 Å². The zero-order valence-corrected chi connectivity index (χ0v) is 17.3. The number of aliphatic carboxylic acids is 1. The van der Waals surface area contributed by atoms with E-state index in [4.69, 9.17) is 10.2 Å². The summed E-state index contributed by atoms with van der Waals surface area (Å²) in [6, 6.07) is 11.4. The molecule has 1 aliphatic carbocycles. The predicted octanol–water partition coefficient (Wildman–Crippen LogP) is 3.48. The molecule has 1 aromatic heterocycles. The van der Waals surface area contributed by atoms with Gasteiger partial charge in [0.25, 0.3) is 0 Å². The van der Waals surface area contributed by atoms with Crippen LogP contribution in [0.25, 0.3) is 22.2 Å². The smallest absolute Gasteiger partial charge is 0.305 e. The standard InChI is InChI=1S/C23H26N4O3/c1-3-26(4-2)13-14-27-18-10-9-17(24-12-11-19(28)29)20-21(18)22(25-27)15-7-5-6-8-16(15)23(20)30/h5-10,24H,3-4,11-14H2,1-2H3,(H,28,29). The van der Waals surface area contributed by atoms with E-state index >= 15 is 0 Å². The SMILES string of the molecule is CCN(CC)CCn1nc2c3c(c(NCCC(=O)O)ccc31)C(=O)c1ccccc1-2. The summed E-state index contributed by atoms with van der Waals surface area (Å²) in [5.41, 5.74) is 4.47. The molecule has 0 amide bonds. The number of fused-ring (bicyclic) bond motifs is 2. The number of carboxylic acid groups (broad SMARTS) is 1.